The quantitative estimate of drug-likeness (QED) is 0.0498. The molecule has 0 aromatic rings. The average Bonchev–Trinajstić information content (AvgIpc) is 2.96. The summed E-state index contributed by atoms with van der Waals surface area (Å²) in [7, 11) is 0. The number of nitrogens with one attached hydrogen (secondary N) is 2. The molecule has 5 heteroatoms. The standard InChI is InChI=1S/C35H70N2O3/c1-3-5-7-9-11-13-15-17-19-21-23-25-27-29-31-36-35(40)37-33(32-38)34(39)30-28-26-24-22-20-18-16-14-12-10-8-6-4-2/h28,30,33-34,38-39H,3-27,29,31-32H2,1-2H3,(H2,36,37,40)/b30-28+. The van der Waals surface area contributed by atoms with E-state index in [1.165, 1.54) is 141 Å². The van der Waals surface area contributed by atoms with Crippen molar-refractivity contribution in [1.29, 1.82) is 0 Å². The highest BCUT2D eigenvalue weighted by atomic mass is 16.3. The molecule has 0 radical (unpaired) electrons. The summed E-state index contributed by atoms with van der Waals surface area (Å²) in [4.78, 5) is 12.2. The molecule has 0 heterocycles. The molecule has 2 amide bonds. The van der Waals surface area contributed by atoms with Crippen molar-refractivity contribution in [3.8, 4) is 0 Å². The fourth-order valence-corrected chi connectivity index (χ4v) is 5.28. The summed E-state index contributed by atoms with van der Waals surface area (Å²) >= 11 is 0. The summed E-state index contributed by atoms with van der Waals surface area (Å²) in [6.45, 7) is 4.88. The first kappa shape index (κ1) is 38.9. The number of carbonyl (C=O) groups is 1. The smallest absolute Gasteiger partial charge is 0.315 e. The highest BCUT2D eigenvalue weighted by molar-refractivity contribution is 5.74. The second kappa shape index (κ2) is 32.4. The Labute approximate surface area is 249 Å². The van der Waals surface area contributed by atoms with Crippen molar-refractivity contribution in [2.24, 2.45) is 0 Å². The van der Waals surface area contributed by atoms with Gasteiger partial charge < -0.3 is 20.8 Å². The molecule has 40 heavy (non-hydrogen) atoms. The predicted molar refractivity (Wildman–Crippen MR) is 174 cm³/mol. The molecule has 0 saturated carbocycles. The highest BCUT2D eigenvalue weighted by Gasteiger charge is 2.17. The van der Waals surface area contributed by atoms with Crippen LogP contribution in [0.15, 0.2) is 12.2 Å². The van der Waals surface area contributed by atoms with Gasteiger partial charge in [-0.3, -0.25) is 0 Å². The van der Waals surface area contributed by atoms with Gasteiger partial charge in [0.25, 0.3) is 0 Å². The van der Waals surface area contributed by atoms with Gasteiger partial charge in [0.2, 0.25) is 0 Å². The zero-order chi connectivity index (χ0) is 29.4. The van der Waals surface area contributed by atoms with Gasteiger partial charge in [-0.15, -0.1) is 0 Å². The maximum Gasteiger partial charge on any atom is 0.315 e. The van der Waals surface area contributed by atoms with Gasteiger partial charge in [0.15, 0.2) is 0 Å². The Morgan fingerprint density at radius 1 is 0.600 bits per heavy atom. The number of rotatable bonds is 31. The van der Waals surface area contributed by atoms with Crippen LogP contribution >= 0.6 is 0 Å². The van der Waals surface area contributed by atoms with E-state index in [2.05, 4.69) is 24.5 Å². The molecule has 0 aliphatic rings. The molecule has 0 aliphatic carbocycles. The Balaban J connectivity index is 3.60. The molecule has 238 valence electrons. The zero-order valence-electron chi connectivity index (χ0n) is 26.9. The van der Waals surface area contributed by atoms with E-state index in [0.29, 0.717) is 6.54 Å². The lowest BCUT2D eigenvalue weighted by molar-refractivity contribution is 0.125. The SMILES string of the molecule is CCCCCCCCCCCCC/C=C/C(O)C(CO)NC(=O)NCCCCCCCCCCCCCCCC. The predicted octanol–water partition coefficient (Wildman–Crippen LogP) is 9.75. The van der Waals surface area contributed by atoms with Crippen LogP contribution in [0.2, 0.25) is 0 Å². The van der Waals surface area contributed by atoms with E-state index in [1.807, 2.05) is 6.08 Å². The van der Waals surface area contributed by atoms with Crippen LogP contribution in [0, 0.1) is 0 Å². The first-order chi connectivity index (χ1) is 19.7. The number of hydrogen-bond donors (Lipinski definition) is 4. The van der Waals surface area contributed by atoms with Crippen molar-refractivity contribution >= 4 is 6.03 Å². The largest absolute Gasteiger partial charge is 0.394 e. The molecule has 0 saturated heterocycles. The van der Waals surface area contributed by atoms with Crippen molar-refractivity contribution in [2.75, 3.05) is 13.2 Å². The van der Waals surface area contributed by atoms with Gasteiger partial charge in [-0.2, -0.15) is 0 Å². The van der Waals surface area contributed by atoms with Gasteiger partial charge in [-0.25, -0.2) is 4.79 Å². The van der Waals surface area contributed by atoms with E-state index in [1.54, 1.807) is 6.08 Å². The minimum atomic E-state index is -0.871. The molecule has 2 unspecified atom stereocenters. The summed E-state index contributed by atoms with van der Waals surface area (Å²) in [6, 6.07) is -0.989. The molecular formula is C35H70N2O3. The number of amides is 2. The van der Waals surface area contributed by atoms with Crippen LogP contribution in [-0.4, -0.2) is 41.5 Å². The third kappa shape index (κ3) is 28.5. The zero-order valence-corrected chi connectivity index (χ0v) is 26.9. The van der Waals surface area contributed by atoms with Gasteiger partial charge in [0.05, 0.1) is 18.8 Å². The average molecular weight is 567 g/mol. The minimum absolute atomic E-state index is 0.282. The fraction of sp³-hybridized carbons (Fsp3) is 0.914. The summed E-state index contributed by atoms with van der Waals surface area (Å²) in [5, 5.41) is 25.5. The van der Waals surface area contributed by atoms with Gasteiger partial charge in [-0.1, -0.05) is 174 Å². The lowest BCUT2D eigenvalue weighted by atomic mass is 10.0. The normalized spacial score (nSPS) is 13.1. The van der Waals surface area contributed by atoms with Crippen LogP contribution in [0.25, 0.3) is 0 Å². The number of hydrogen-bond acceptors (Lipinski definition) is 3. The number of unbranched alkanes of at least 4 members (excludes halogenated alkanes) is 24. The maximum atomic E-state index is 12.2. The van der Waals surface area contributed by atoms with Crippen LogP contribution in [-0.2, 0) is 0 Å². The van der Waals surface area contributed by atoms with Gasteiger partial charge >= 0.3 is 6.03 Å². The number of urea groups is 1. The van der Waals surface area contributed by atoms with Crippen molar-refractivity contribution in [1.82, 2.24) is 10.6 Å². The second-order valence-corrected chi connectivity index (χ2v) is 12.0. The number of carbonyl (C=O) groups excluding carboxylic acids is 1. The Kier molecular flexibility index (Phi) is 31.6. The van der Waals surface area contributed by atoms with Gasteiger partial charge in [0, 0.05) is 6.54 Å². The van der Waals surface area contributed by atoms with Crippen molar-refractivity contribution in [3.05, 3.63) is 12.2 Å². The maximum absolute atomic E-state index is 12.2. The van der Waals surface area contributed by atoms with E-state index in [-0.39, 0.29) is 12.6 Å². The van der Waals surface area contributed by atoms with E-state index >= 15 is 0 Å². The summed E-state index contributed by atoms with van der Waals surface area (Å²) in [5.41, 5.74) is 0. The molecule has 0 spiro atoms. The third-order valence-corrected chi connectivity index (χ3v) is 8.05. The number of aliphatic hydroxyl groups is 2. The first-order valence-corrected chi connectivity index (χ1v) is 17.7. The second-order valence-electron chi connectivity index (χ2n) is 12.0. The van der Waals surface area contributed by atoms with Gasteiger partial charge in [-0.05, 0) is 19.3 Å². The number of allylic oxidation sites excluding steroid dienone is 1. The monoisotopic (exact) mass is 567 g/mol. The van der Waals surface area contributed by atoms with E-state index in [0.717, 1.165) is 25.7 Å². The van der Waals surface area contributed by atoms with E-state index < -0.39 is 12.1 Å². The Bertz CT molecular complexity index is 541. The Morgan fingerprint density at radius 2 is 0.975 bits per heavy atom. The van der Waals surface area contributed by atoms with E-state index in [4.69, 9.17) is 0 Å². The van der Waals surface area contributed by atoms with Crippen LogP contribution < -0.4 is 10.6 Å². The molecule has 2 atom stereocenters. The molecule has 0 bridgehead atoms. The Hall–Kier alpha value is -1.07. The third-order valence-electron chi connectivity index (χ3n) is 8.05. The molecule has 0 aromatic carbocycles. The molecule has 0 fully saturated rings. The molecule has 0 aromatic heterocycles. The number of aliphatic hydroxyl groups excluding tert-OH is 2. The van der Waals surface area contributed by atoms with Gasteiger partial charge in [0.1, 0.15) is 0 Å². The fourth-order valence-electron chi connectivity index (χ4n) is 5.28. The van der Waals surface area contributed by atoms with Crippen molar-refractivity contribution < 1.29 is 15.0 Å². The van der Waals surface area contributed by atoms with Crippen LogP contribution in [0.4, 0.5) is 4.79 Å². The lowest BCUT2D eigenvalue weighted by Crippen LogP contribution is -2.49. The van der Waals surface area contributed by atoms with E-state index in [9.17, 15) is 15.0 Å². The van der Waals surface area contributed by atoms with Crippen molar-refractivity contribution in [2.45, 2.75) is 193 Å². The molecule has 5 nitrogen and oxygen atoms in total. The van der Waals surface area contributed by atoms with Crippen LogP contribution in [0.5, 0.6) is 0 Å². The first-order valence-electron chi connectivity index (χ1n) is 17.7. The molecular weight excluding hydrogens is 496 g/mol. The Morgan fingerprint density at radius 3 is 1.38 bits per heavy atom. The topological polar surface area (TPSA) is 81.6 Å². The molecule has 0 aliphatic heterocycles. The lowest BCUT2D eigenvalue weighted by Gasteiger charge is -2.20. The van der Waals surface area contributed by atoms with Crippen LogP contribution in [0.1, 0.15) is 181 Å². The highest BCUT2D eigenvalue weighted by Crippen LogP contribution is 2.14. The van der Waals surface area contributed by atoms with Crippen LogP contribution in [0.3, 0.4) is 0 Å². The molecule has 0 rings (SSSR count). The summed E-state index contributed by atoms with van der Waals surface area (Å²) in [6.07, 6.45) is 36.7. The summed E-state index contributed by atoms with van der Waals surface area (Å²) in [5.74, 6) is 0. The summed E-state index contributed by atoms with van der Waals surface area (Å²) < 4.78 is 0. The minimum Gasteiger partial charge on any atom is -0.394 e. The van der Waals surface area contributed by atoms with Crippen molar-refractivity contribution in [3.63, 3.8) is 0 Å². The molecule has 4 N–H and O–H groups in total.